The van der Waals surface area contributed by atoms with Crippen LogP contribution in [-0.2, 0) is 9.47 Å². The molecule has 0 aromatic carbocycles. The van der Waals surface area contributed by atoms with Gasteiger partial charge in [-0.25, -0.2) is 0 Å². The molecule has 17 heavy (non-hydrogen) atoms. The molecule has 2 bridgehead atoms. The van der Waals surface area contributed by atoms with Crippen LogP contribution in [0.5, 0.6) is 0 Å². The highest BCUT2D eigenvalue weighted by Crippen LogP contribution is 2.33. The summed E-state index contributed by atoms with van der Waals surface area (Å²) < 4.78 is 11.5. The third kappa shape index (κ3) is 1.91. The highest BCUT2D eigenvalue weighted by Gasteiger charge is 2.42. The third-order valence-corrected chi connectivity index (χ3v) is 4.98. The molecular formula is C13H22N2O2. The topological polar surface area (TPSA) is 33.7 Å². The maximum atomic E-state index is 6.00. The summed E-state index contributed by atoms with van der Waals surface area (Å²) in [5.74, 6) is 2.39. The molecule has 4 heteroatoms. The first-order valence-corrected chi connectivity index (χ1v) is 7.05. The van der Waals surface area contributed by atoms with Crippen LogP contribution in [0.25, 0.3) is 0 Å². The van der Waals surface area contributed by atoms with Crippen LogP contribution in [-0.4, -0.2) is 63.0 Å². The molecule has 0 saturated carbocycles. The molecule has 0 aromatic heterocycles. The number of fused-ring (bicyclic) bond motifs is 3. The van der Waals surface area contributed by atoms with Gasteiger partial charge in [-0.15, -0.1) is 0 Å². The Kier molecular flexibility index (Phi) is 2.65. The van der Waals surface area contributed by atoms with Crippen molar-refractivity contribution >= 4 is 0 Å². The second-order valence-electron chi connectivity index (χ2n) is 6.23. The second kappa shape index (κ2) is 4.19. The minimum atomic E-state index is 0.477. The molecule has 4 rings (SSSR count). The lowest BCUT2D eigenvalue weighted by Crippen LogP contribution is -2.41. The van der Waals surface area contributed by atoms with Gasteiger partial charge in [0.25, 0.3) is 0 Å². The quantitative estimate of drug-likeness (QED) is 0.731. The van der Waals surface area contributed by atoms with Crippen LogP contribution >= 0.6 is 0 Å². The Morgan fingerprint density at radius 2 is 1.94 bits per heavy atom. The van der Waals surface area contributed by atoms with Crippen LogP contribution in [0.1, 0.15) is 6.42 Å². The van der Waals surface area contributed by atoms with E-state index < -0.39 is 0 Å². The summed E-state index contributed by atoms with van der Waals surface area (Å²) in [5.41, 5.74) is 0. The Balaban J connectivity index is 1.36. The molecule has 1 N–H and O–H groups in total. The average Bonchev–Trinajstić information content (AvgIpc) is 2.95. The van der Waals surface area contributed by atoms with Gasteiger partial charge in [0.15, 0.2) is 0 Å². The number of morpholine rings is 1. The van der Waals surface area contributed by atoms with E-state index in [1.54, 1.807) is 0 Å². The van der Waals surface area contributed by atoms with Gasteiger partial charge in [-0.05, 0) is 6.42 Å². The molecule has 0 radical (unpaired) electrons. The number of rotatable bonds is 2. The van der Waals surface area contributed by atoms with Gasteiger partial charge >= 0.3 is 0 Å². The minimum Gasteiger partial charge on any atom is -0.381 e. The van der Waals surface area contributed by atoms with Gasteiger partial charge in [0.05, 0.1) is 25.4 Å². The molecule has 0 aromatic rings. The fourth-order valence-electron chi connectivity index (χ4n) is 4.09. The van der Waals surface area contributed by atoms with Crippen molar-refractivity contribution in [3.8, 4) is 0 Å². The largest absolute Gasteiger partial charge is 0.381 e. The van der Waals surface area contributed by atoms with Crippen LogP contribution in [0.3, 0.4) is 0 Å². The molecule has 5 atom stereocenters. The molecule has 4 aliphatic heterocycles. The molecule has 0 amide bonds. The Hall–Kier alpha value is -0.160. The molecule has 4 heterocycles. The fraction of sp³-hybridized carbons (Fsp3) is 1.00. The van der Waals surface area contributed by atoms with E-state index in [0.29, 0.717) is 12.2 Å². The van der Waals surface area contributed by atoms with Gasteiger partial charge in [-0.2, -0.15) is 0 Å². The molecule has 4 aliphatic rings. The standard InChI is InChI=1S/C13H22N2O2/c1-9(13-3-14-2-12(1)17-13)4-15-5-10-7-16-8-11(10)6-15/h9-14H,1-8H2. The van der Waals surface area contributed by atoms with E-state index in [2.05, 4.69) is 10.2 Å². The normalized spacial score (nSPS) is 49.8. The summed E-state index contributed by atoms with van der Waals surface area (Å²) in [6, 6.07) is 0. The molecule has 4 fully saturated rings. The van der Waals surface area contributed by atoms with Crippen LogP contribution in [0.4, 0.5) is 0 Å². The number of likely N-dealkylation sites (tertiary alicyclic amines) is 1. The summed E-state index contributed by atoms with van der Waals surface area (Å²) in [6.45, 7) is 7.87. The Morgan fingerprint density at radius 3 is 2.71 bits per heavy atom. The van der Waals surface area contributed by atoms with E-state index in [4.69, 9.17) is 9.47 Å². The maximum absolute atomic E-state index is 6.00. The first-order valence-electron chi connectivity index (χ1n) is 7.05. The SMILES string of the molecule is C1NCC2OC1CC2CN1CC2COCC2C1. The number of nitrogens with one attached hydrogen (secondary N) is 1. The summed E-state index contributed by atoms with van der Waals surface area (Å²) in [7, 11) is 0. The number of nitrogens with zero attached hydrogens (tertiary/aromatic N) is 1. The fourth-order valence-corrected chi connectivity index (χ4v) is 4.09. The van der Waals surface area contributed by atoms with Gasteiger partial charge in [-0.1, -0.05) is 0 Å². The molecule has 4 saturated heterocycles. The van der Waals surface area contributed by atoms with E-state index in [1.807, 2.05) is 0 Å². The van der Waals surface area contributed by atoms with E-state index in [1.165, 1.54) is 26.1 Å². The molecule has 4 nitrogen and oxygen atoms in total. The Labute approximate surface area is 103 Å². The Bertz CT molecular complexity index is 287. The van der Waals surface area contributed by atoms with E-state index in [0.717, 1.165) is 44.1 Å². The number of ether oxygens (including phenoxy) is 2. The van der Waals surface area contributed by atoms with Crippen molar-refractivity contribution in [3.05, 3.63) is 0 Å². The zero-order valence-corrected chi connectivity index (χ0v) is 10.3. The maximum Gasteiger partial charge on any atom is 0.0745 e. The van der Waals surface area contributed by atoms with Gasteiger partial charge in [-0.3, -0.25) is 0 Å². The van der Waals surface area contributed by atoms with Crippen molar-refractivity contribution in [2.24, 2.45) is 17.8 Å². The van der Waals surface area contributed by atoms with Crippen LogP contribution < -0.4 is 5.32 Å². The molecule has 0 aliphatic carbocycles. The molecule has 96 valence electrons. The van der Waals surface area contributed by atoms with Gasteiger partial charge in [0, 0.05) is 50.5 Å². The molecule has 5 unspecified atom stereocenters. The highest BCUT2D eigenvalue weighted by molar-refractivity contribution is 4.94. The Morgan fingerprint density at radius 1 is 1.12 bits per heavy atom. The van der Waals surface area contributed by atoms with Crippen molar-refractivity contribution in [2.75, 3.05) is 45.9 Å². The summed E-state index contributed by atoms with van der Waals surface area (Å²) in [5, 5.41) is 3.48. The lowest BCUT2D eigenvalue weighted by molar-refractivity contribution is 0.00489. The van der Waals surface area contributed by atoms with Crippen molar-refractivity contribution in [2.45, 2.75) is 18.6 Å². The number of hydrogen-bond acceptors (Lipinski definition) is 4. The molecular weight excluding hydrogens is 216 g/mol. The van der Waals surface area contributed by atoms with Crippen molar-refractivity contribution < 1.29 is 9.47 Å². The van der Waals surface area contributed by atoms with Crippen molar-refractivity contribution in [1.29, 1.82) is 0 Å². The zero-order chi connectivity index (χ0) is 11.2. The van der Waals surface area contributed by atoms with Crippen molar-refractivity contribution in [1.82, 2.24) is 10.2 Å². The smallest absolute Gasteiger partial charge is 0.0745 e. The summed E-state index contributed by atoms with van der Waals surface area (Å²) in [4.78, 5) is 2.66. The van der Waals surface area contributed by atoms with E-state index >= 15 is 0 Å². The monoisotopic (exact) mass is 238 g/mol. The van der Waals surface area contributed by atoms with Gasteiger partial charge in [0.2, 0.25) is 0 Å². The number of hydrogen-bond donors (Lipinski definition) is 1. The third-order valence-electron chi connectivity index (χ3n) is 4.98. The van der Waals surface area contributed by atoms with Gasteiger partial charge in [0.1, 0.15) is 0 Å². The summed E-state index contributed by atoms with van der Waals surface area (Å²) in [6.07, 6.45) is 2.23. The van der Waals surface area contributed by atoms with Crippen LogP contribution in [0.15, 0.2) is 0 Å². The first kappa shape index (κ1) is 10.7. The zero-order valence-electron chi connectivity index (χ0n) is 10.3. The van der Waals surface area contributed by atoms with Crippen molar-refractivity contribution in [3.63, 3.8) is 0 Å². The summed E-state index contributed by atoms with van der Waals surface area (Å²) >= 11 is 0. The van der Waals surface area contributed by atoms with E-state index in [9.17, 15) is 0 Å². The first-order chi connectivity index (χ1) is 8.38. The lowest BCUT2D eigenvalue weighted by Gasteiger charge is -2.26. The lowest BCUT2D eigenvalue weighted by atomic mass is 10.00. The predicted molar refractivity (Wildman–Crippen MR) is 63.9 cm³/mol. The predicted octanol–water partition coefficient (Wildman–Crippen LogP) is -0.0585. The van der Waals surface area contributed by atoms with Crippen LogP contribution in [0, 0.1) is 17.8 Å². The second-order valence-corrected chi connectivity index (χ2v) is 6.23. The molecule has 0 spiro atoms. The minimum absolute atomic E-state index is 0.477. The average molecular weight is 238 g/mol. The van der Waals surface area contributed by atoms with Crippen LogP contribution in [0.2, 0.25) is 0 Å². The van der Waals surface area contributed by atoms with Gasteiger partial charge < -0.3 is 19.7 Å². The highest BCUT2D eigenvalue weighted by atomic mass is 16.5. The van der Waals surface area contributed by atoms with E-state index in [-0.39, 0.29) is 0 Å².